The SMILES string of the molecule is O=C(Nc1ccc(NC2CCCCC2)cn1)c1ccccc1Cl. The summed E-state index contributed by atoms with van der Waals surface area (Å²) < 4.78 is 0. The van der Waals surface area contributed by atoms with Gasteiger partial charge in [0, 0.05) is 6.04 Å². The molecule has 1 fully saturated rings. The Morgan fingerprint density at radius 3 is 2.57 bits per heavy atom. The number of halogens is 1. The number of nitrogens with one attached hydrogen (secondary N) is 2. The van der Waals surface area contributed by atoms with Crippen LogP contribution in [0.3, 0.4) is 0 Å². The van der Waals surface area contributed by atoms with E-state index in [0.717, 1.165) is 5.69 Å². The standard InChI is InChI=1S/C18H20ClN3O/c19-16-9-5-4-8-15(16)18(23)22-17-11-10-14(12-20-17)21-13-6-2-1-3-7-13/h4-5,8-13,21H,1-3,6-7H2,(H,20,22,23). The Morgan fingerprint density at radius 1 is 1.09 bits per heavy atom. The molecule has 1 aromatic carbocycles. The van der Waals surface area contributed by atoms with Crippen LogP contribution in [0, 0.1) is 0 Å². The van der Waals surface area contributed by atoms with Crippen LogP contribution >= 0.6 is 11.6 Å². The minimum absolute atomic E-state index is 0.254. The summed E-state index contributed by atoms with van der Waals surface area (Å²) in [4.78, 5) is 16.5. The van der Waals surface area contributed by atoms with E-state index in [1.54, 1.807) is 36.5 Å². The van der Waals surface area contributed by atoms with E-state index in [1.807, 2.05) is 6.07 Å². The number of hydrogen-bond donors (Lipinski definition) is 2. The molecule has 0 atom stereocenters. The lowest BCUT2D eigenvalue weighted by Crippen LogP contribution is -2.22. The third kappa shape index (κ3) is 4.23. The van der Waals surface area contributed by atoms with Gasteiger partial charge < -0.3 is 10.6 Å². The summed E-state index contributed by atoms with van der Waals surface area (Å²) >= 11 is 6.03. The highest BCUT2D eigenvalue weighted by Gasteiger charge is 2.13. The van der Waals surface area contributed by atoms with Crippen LogP contribution in [0.1, 0.15) is 42.5 Å². The first-order valence-electron chi connectivity index (χ1n) is 8.01. The second-order valence-electron chi connectivity index (χ2n) is 5.85. The summed E-state index contributed by atoms with van der Waals surface area (Å²) in [5.74, 6) is 0.264. The van der Waals surface area contributed by atoms with Crippen molar-refractivity contribution in [1.29, 1.82) is 0 Å². The first-order chi connectivity index (χ1) is 11.2. The Balaban J connectivity index is 1.61. The lowest BCUT2D eigenvalue weighted by Gasteiger charge is -2.23. The molecule has 1 aliphatic rings. The summed E-state index contributed by atoms with van der Waals surface area (Å²) in [5, 5.41) is 6.70. The number of nitrogens with zero attached hydrogens (tertiary/aromatic N) is 1. The van der Waals surface area contributed by atoms with Crippen LogP contribution in [-0.2, 0) is 0 Å². The van der Waals surface area contributed by atoms with E-state index in [2.05, 4.69) is 15.6 Å². The molecular weight excluding hydrogens is 310 g/mol. The highest BCUT2D eigenvalue weighted by atomic mass is 35.5. The number of hydrogen-bond acceptors (Lipinski definition) is 3. The molecule has 1 aliphatic carbocycles. The molecule has 1 amide bonds. The normalized spacial score (nSPS) is 15.2. The van der Waals surface area contributed by atoms with E-state index in [9.17, 15) is 4.79 Å². The van der Waals surface area contributed by atoms with Crippen LogP contribution in [0.4, 0.5) is 11.5 Å². The Hall–Kier alpha value is -2.07. The molecule has 2 aromatic rings. The second-order valence-corrected chi connectivity index (χ2v) is 6.25. The molecular formula is C18H20ClN3O. The maximum absolute atomic E-state index is 12.2. The van der Waals surface area contributed by atoms with Gasteiger partial charge in [-0.05, 0) is 37.1 Å². The lowest BCUT2D eigenvalue weighted by molar-refractivity contribution is 0.102. The summed E-state index contributed by atoms with van der Waals surface area (Å²) in [6.45, 7) is 0. The highest BCUT2D eigenvalue weighted by molar-refractivity contribution is 6.34. The van der Waals surface area contributed by atoms with E-state index >= 15 is 0 Å². The van der Waals surface area contributed by atoms with Crippen LogP contribution in [0.2, 0.25) is 5.02 Å². The Kier molecular flexibility index (Phi) is 5.13. The summed E-state index contributed by atoms with van der Waals surface area (Å²) in [6, 6.07) is 11.3. The maximum atomic E-state index is 12.2. The number of benzene rings is 1. The van der Waals surface area contributed by atoms with Crippen molar-refractivity contribution in [3.8, 4) is 0 Å². The van der Waals surface area contributed by atoms with Crippen LogP contribution in [-0.4, -0.2) is 16.9 Å². The molecule has 120 valence electrons. The van der Waals surface area contributed by atoms with Gasteiger partial charge in [-0.25, -0.2) is 4.98 Å². The van der Waals surface area contributed by atoms with Gasteiger partial charge in [-0.15, -0.1) is 0 Å². The fourth-order valence-corrected chi connectivity index (χ4v) is 3.09. The molecule has 1 heterocycles. The molecule has 0 radical (unpaired) electrons. The zero-order chi connectivity index (χ0) is 16.1. The van der Waals surface area contributed by atoms with Gasteiger partial charge in [-0.1, -0.05) is 43.0 Å². The molecule has 0 saturated heterocycles. The molecule has 23 heavy (non-hydrogen) atoms. The smallest absolute Gasteiger partial charge is 0.258 e. The third-order valence-electron chi connectivity index (χ3n) is 4.10. The van der Waals surface area contributed by atoms with E-state index in [1.165, 1.54) is 32.1 Å². The van der Waals surface area contributed by atoms with Crippen molar-refractivity contribution < 1.29 is 4.79 Å². The number of anilines is 2. The zero-order valence-corrected chi connectivity index (χ0v) is 13.6. The molecule has 3 rings (SSSR count). The molecule has 0 spiro atoms. The predicted octanol–water partition coefficient (Wildman–Crippen LogP) is 4.73. The number of aromatic nitrogens is 1. The molecule has 0 unspecified atom stereocenters. The van der Waals surface area contributed by atoms with Crippen LogP contribution in [0.25, 0.3) is 0 Å². The van der Waals surface area contributed by atoms with E-state index in [4.69, 9.17) is 11.6 Å². The molecule has 5 heteroatoms. The Bertz CT molecular complexity index is 666. The first kappa shape index (κ1) is 15.8. The summed E-state index contributed by atoms with van der Waals surface area (Å²) in [6.07, 6.45) is 8.10. The number of carbonyl (C=O) groups excluding carboxylic acids is 1. The quantitative estimate of drug-likeness (QED) is 0.852. The molecule has 1 aromatic heterocycles. The molecule has 0 aliphatic heterocycles. The number of carbonyl (C=O) groups is 1. The van der Waals surface area contributed by atoms with Gasteiger partial charge >= 0.3 is 0 Å². The topological polar surface area (TPSA) is 54.0 Å². The zero-order valence-electron chi connectivity index (χ0n) is 12.9. The largest absolute Gasteiger partial charge is 0.381 e. The van der Waals surface area contributed by atoms with E-state index in [-0.39, 0.29) is 5.91 Å². The van der Waals surface area contributed by atoms with Crippen molar-refractivity contribution in [2.24, 2.45) is 0 Å². The number of pyridine rings is 1. The van der Waals surface area contributed by atoms with Gasteiger partial charge in [0.1, 0.15) is 5.82 Å². The van der Waals surface area contributed by atoms with Crippen molar-refractivity contribution in [3.63, 3.8) is 0 Å². The summed E-state index contributed by atoms with van der Waals surface area (Å²) in [5.41, 5.74) is 1.44. The van der Waals surface area contributed by atoms with Crippen molar-refractivity contribution >= 4 is 29.0 Å². The monoisotopic (exact) mass is 329 g/mol. The summed E-state index contributed by atoms with van der Waals surface area (Å²) in [7, 11) is 0. The van der Waals surface area contributed by atoms with Crippen molar-refractivity contribution in [2.75, 3.05) is 10.6 Å². The minimum Gasteiger partial charge on any atom is -0.381 e. The average molecular weight is 330 g/mol. The van der Waals surface area contributed by atoms with E-state index in [0.29, 0.717) is 22.4 Å². The van der Waals surface area contributed by atoms with Gasteiger partial charge in [-0.2, -0.15) is 0 Å². The fraction of sp³-hybridized carbons (Fsp3) is 0.333. The van der Waals surface area contributed by atoms with Crippen molar-refractivity contribution in [1.82, 2.24) is 4.98 Å². The molecule has 4 nitrogen and oxygen atoms in total. The van der Waals surface area contributed by atoms with E-state index < -0.39 is 0 Å². The first-order valence-corrected chi connectivity index (χ1v) is 8.38. The van der Waals surface area contributed by atoms with Gasteiger partial charge in [-0.3, -0.25) is 4.79 Å². The van der Waals surface area contributed by atoms with Crippen molar-refractivity contribution in [2.45, 2.75) is 38.1 Å². The lowest BCUT2D eigenvalue weighted by atomic mass is 9.95. The van der Waals surface area contributed by atoms with Gasteiger partial charge in [0.15, 0.2) is 0 Å². The van der Waals surface area contributed by atoms with Gasteiger partial charge in [0.05, 0.1) is 22.5 Å². The average Bonchev–Trinajstić information content (AvgIpc) is 2.58. The predicted molar refractivity (Wildman–Crippen MR) is 94.1 cm³/mol. The maximum Gasteiger partial charge on any atom is 0.258 e. The molecule has 0 bridgehead atoms. The third-order valence-corrected chi connectivity index (χ3v) is 4.43. The van der Waals surface area contributed by atoms with Gasteiger partial charge in [0.2, 0.25) is 0 Å². The number of rotatable bonds is 4. The molecule has 1 saturated carbocycles. The van der Waals surface area contributed by atoms with Crippen molar-refractivity contribution in [3.05, 3.63) is 53.2 Å². The van der Waals surface area contributed by atoms with Gasteiger partial charge in [0.25, 0.3) is 5.91 Å². The van der Waals surface area contributed by atoms with Crippen LogP contribution < -0.4 is 10.6 Å². The fourth-order valence-electron chi connectivity index (χ4n) is 2.86. The Labute approximate surface area is 141 Å². The second kappa shape index (κ2) is 7.47. The Morgan fingerprint density at radius 2 is 1.87 bits per heavy atom. The minimum atomic E-state index is -0.254. The highest BCUT2D eigenvalue weighted by Crippen LogP contribution is 2.22. The van der Waals surface area contributed by atoms with Crippen LogP contribution in [0.15, 0.2) is 42.6 Å². The number of amides is 1. The van der Waals surface area contributed by atoms with Crippen LogP contribution in [0.5, 0.6) is 0 Å². The molecule has 2 N–H and O–H groups in total.